The Kier molecular flexibility index (Phi) is 3.70. The van der Waals surface area contributed by atoms with E-state index < -0.39 is 5.41 Å². The molecule has 0 saturated carbocycles. The van der Waals surface area contributed by atoms with Gasteiger partial charge >= 0.3 is 0 Å². The fourth-order valence-electron chi connectivity index (χ4n) is 4.83. The SMILES string of the molecule is N#Cc1cccc(-c2ccc3c(c2)C(=O)C2(CCc4c(F)cccc4C2)C3)c1. The maximum absolute atomic E-state index is 14.1. The molecule has 0 amide bonds. The van der Waals surface area contributed by atoms with Gasteiger partial charge in [0.2, 0.25) is 0 Å². The molecule has 2 nitrogen and oxygen atoms in total. The van der Waals surface area contributed by atoms with Crippen LogP contribution in [0.5, 0.6) is 0 Å². The van der Waals surface area contributed by atoms with Gasteiger partial charge in [0.05, 0.1) is 11.6 Å². The molecule has 3 aromatic carbocycles. The van der Waals surface area contributed by atoms with E-state index in [0.717, 1.165) is 39.8 Å². The Balaban J connectivity index is 1.52. The van der Waals surface area contributed by atoms with Crippen LogP contribution >= 0.6 is 0 Å². The number of Topliss-reactive ketones (excluding diaryl/α,β-unsaturated/α-hetero) is 1. The molecule has 0 radical (unpaired) electrons. The molecule has 0 saturated heterocycles. The second-order valence-corrected chi connectivity index (χ2v) is 7.91. The second kappa shape index (κ2) is 6.14. The van der Waals surface area contributed by atoms with E-state index >= 15 is 0 Å². The van der Waals surface area contributed by atoms with Crippen molar-refractivity contribution in [1.82, 2.24) is 0 Å². The molecule has 28 heavy (non-hydrogen) atoms. The van der Waals surface area contributed by atoms with Crippen LogP contribution in [0.3, 0.4) is 0 Å². The zero-order chi connectivity index (χ0) is 19.3. The van der Waals surface area contributed by atoms with Gasteiger partial charge < -0.3 is 0 Å². The maximum Gasteiger partial charge on any atom is 0.169 e. The van der Waals surface area contributed by atoms with Crippen molar-refractivity contribution in [3.63, 3.8) is 0 Å². The quantitative estimate of drug-likeness (QED) is 0.587. The van der Waals surface area contributed by atoms with Crippen LogP contribution in [-0.4, -0.2) is 5.78 Å². The van der Waals surface area contributed by atoms with Crippen LogP contribution in [0.4, 0.5) is 4.39 Å². The molecular formula is C25H18FNO. The highest BCUT2D eigenvalue weighted by Gasteiger charge is 2.47. The molecule has 5 rings (SSSR count). The molecule has 0 aromatic heterocycles. The van der Waals surface area contributed by atoms with Crippen LogP contribution in [0.1, 0.15) is 39.0 Å². The molecule has 3 aromatic rings. The van der Waals surface area contributed by atoms with E-state index in [2.05, 4.69) is 6.07 Å². The van der Waals surface area contributed by atoms with E-state index in [4.69, 9.17) is 5.26 Å². The molecule has 3 heteroatoms. The van der Waals surface area contributed by atoms with Crippen molar-refractivity contribution < 1.29 is 9.18 Å². The Morgan fingerprint density at radius 1 is 0.929 bits per heavy atom. The Morgan fingerprint density at radius 2 is 1.71 bits per heavy atom. The van der Waals surface area contributed by atoms with Gasteiger partial charge in [-0.15, -0.1) is 0 Å². The number of nitriles is 1. The Bertz CT molecular complexity index is 1170. The van der Waals surface area contributed by atoms with Crippen molar-refractivity contribution in [3.05, 3.63) is 94.3 Å². The lowest BCUT2D eigenvalue weighted by Gasteiger charge is -2.33. The predicted molar refractivity (Wildman–Crippen MR) is 105 cm³/mol. The number of nitrogens with zero attached hydrogens (tertiary/aromatic N) is 1. The number of hydrogen-bond donors (Lipinski definition) is 0. The molecular weight excluding hydrogens is 349 g/mol. The lowest BCUT2D eigenvalue weighted by molar-refractivity contribution is 0.0793. The highest BCUT2D eigenvalue weighted by molar-refractivity contribution is 6.06. The standard InChI is InChI=1S/C25H18FNO/c26-23-6-2-5-19-13-25(10-9-21(19)23)14-20-8-7-18(12-22(20)24(25)28)17-4-1-3-16(11-17)15-27/h1-8,11-12H,9-10,13-14H2. The normalized spacial score (nSPS) is 19.9. The number of benzene rings is 3. The third-order valence-electron chi connectivity index (χ3n) is 6.29. The number of carbonyl (C=O) groups is 1. The largest absolute Gasteiger partial charge is 0.294 e. The van der Waals surface area contributed by atoms with E-state index in [1.54, 1.807) is 12.1 Å². The summed E-state index contributed by atoms with van der Waals surface area (Å²) in [6.07, 6.45) is 2.62. The summed E-state index contributed by atoms with van der Waals surface area (Å²) in [4.78, 5) is 13.4. The van der Waals surface area contributed by atoms with Gasteiger partial charge in [-0.1, -0.05) is 36.4 Å². The third kappa shape index (κ3) is 2.49. The lowest BCUT2D eigenvalue weighted by atomic mass is 9.69. The summed E-state index contributed by atoms with van der Waals surface area (Å²) in [6.45, 7) is 0. The Labute approximate surface area is 163 Å². The fourth-order valence-corrected chi connectivity index (χ4v) is 4.83. The monoisotopic (exact) mass is 367 g/mol. The minimum atomic E-state index is -0.448. The number of rotatable bonds is 1. The summed E-state index contributed by atoms with van der Waals surface area (Å²) in [7, 11) is 0. The van der Waals surface area contributed by atoms with Gasteiger partial charge in [0.25, 0.3) is 0 Å². The van der Waals surface area contributed by atoms with Crippen molar-refractivity contribution in [1.29, 1.82) is 5.26 Å². The van der Waals surface area contributed by atoms with Crippen molar-refractivity contribution in [3.8, 4) is 17.2 Å². The Morgan fingerprint density at radius 3 is 2.57 bits per heavy atom. The highest BCUT2D eigenvalue weighted by Crippen LogP contribution is 2.47. The minimum Gasteiger partial charge on any atom is -0.294 e. The van der Waals surface area contributed by atoms with Gasteiger partial charge in [-0.2, -0.15) is 5.26 Å². The van der Waals surface area contributed by atoms with Gasteiger partial charge in [0, 0.05) is 11.0 Å². The summed E-state index contributed by atoms with van der Waals surface area (Å²) in [6, 6.07) is 20.8. The van der Waals surface area contributed by atoms with E-state index in [0.29, 0.717) is 24.8 Å². The van der Waals surface area contributed by atoms with E-state index in [1.165, 1.54) is 6.07 Å². The highest BCUT2D eigenvalue weighted by atomic mass is 19.1. The molecule has 2 aliphatic carbocycles. The second-order valence-electron chi connectivity index (χ2n) is 7.91. The van der Waals surface area contributed by atoms with Crippen molar-refractivity contribution in [2.75, 3.05) is 0 Å². The molecule has 1 unspecified atom stereocenters. The van der Waals surface area contributed by atoms with Gasteiger partial charge in [0.15, 0.2) is 5.78 Å². The summed E-state index contributed by atoms with van der Waals surface area (Å²) < 4.78 is 14.1. The van der Waals surface area contributed by atoms with Gasteiger partial charge in [0.1, 0.15) is 5.82 Å². The van der Waals surface area contributed by atoms with E-state index in [9.17, 15) is 9.18 Å². The van der Waals surface area contributed by atoms with Crippen molar-refractivity contribution in [2.45, 2.75) is 25.7 Å². The molecule has 2 aliphatic rings. The number of ketones is 1. The topological polar surface area (TPSA) is 40.9 Å². The number of fused-ring (bicyclic) bond motifs is 2. The van der Waals surface area contributed by atoms with Gasteiger partial charge in [-0.3, -0.25) is 4.79 Å². The molecule has 136 valence electrons. The fraction of sp³-hybridized carbons (Fsp3) is 0.200. The molecule has 0 N–H and O–H groups in total. The average molecular weight is 367 g/mol. The molecule has 0 heterocycles. The van der Waals surface area contributed by atoms with Crippen LogP contribution in [0.25, 0.3) is 11.1 Å². The van der Waals surface area contributed by atoms with E-state index in [-0.39, 0.29) is 11.6 Å². The van der Waals surface area contributed by atoms with E-state index in [1.807, 2.05) is 42.5 Å². The minimum absolute atomic E-state index is 0.157. The first kappa shape index (κ1) is 16.9. The number of carbonyl (C=O) groups excluding carboxylic acids is 1. The maximum atomic E-state index is 14.1. The van der Waals surface area contributed by atoms with Gasteiger partial charge in [-0.25, -0.2) is 4.39 Å². The summed E-state index contributed by atoms with van der Waals surface area (Å²) in [5.74, 6) is 0.0191. The number of hydrogen-bond acceptors (Lipinski definition) is 2. The lowest BCUT2D eigenvalue weighted by Crippen LogP contribution is -2.35. The molecule has 1 atom stereocenters. The summed E-state index contributed by atoms with van der Waals surface area (Å²) >= 11 is 0. The zero-order valence-corrected chi connectivity index (χ0v) is 15.3. The Hall–Kier alpha value is -3.25. The van der Waals surface area contributed by atoms with Crippen LogP contribution in [0, 0.1) is 22.6 Å². The smallest absolute Gasteiger partial charge is 0.169 e. The zero-order valence-electron chi connectivity index (χ0n) is 15.3. The molecule has 0 bridgehead atoms. The summed E-state index contributed by atoms with van der Waals surface area (Å²) in [5.41, 5.74) is 5.63. The third-order valence-corrected chi connectivity index (χ3v) is 6.29. The average Bonchev–Trinajstić information content (AvgIpc) is 2.99. The van der Waals surface area contributed by atoms with Crippen LogP contribution in [-0.2, 0) is 19.3 Å². The van der Waals surface area contributed by atoms with Gasteiger partial charge in [-0.05, 0) is 77.8 Å². The van der Waals surface area contributed by atoms with Crippen LogP contribution in [0.15, 0.2) is 60.7 Å². The number of halogens is 1. The van der Waals surface area contributed by atoms with Crippen molar-refractivity contribution >= 4 is 5.78 Å². The molecule has 1 spiro atoms. The molecule has 0 aliphatic heterocycles. The van der Waals surface area contributed by atoms with Crippen LogP contribution in [0.2, 0.25) is 0 Å². The summed E-state index contributed by atoms with van der Waals surface area (Å²) in [5, 5.41) is 9.14. The first-order chi connectivity index (χ1) is 13.6. The predicted octanol–water partition coefficient (Wildman–Crippen LogP) is 5.28. The first-order valence-corrected chi connectivity index (χ1v) is 9.54. The van der Waals surface area contributed by atoms with Crippen molar-refractivity contribution in [2.24, 2.45) is 5.41 Å². The van der Waals surface area contributed by atoms with Crippen LogP contribution < -0.4 is 0 Å². The molecule has 0 fully saturated rings. The first-order valence-electron chi connectivity index (χ1n) is 9.54.